The first-order valence-corrected chi connectivity index (χ1v) is 30.6. The van der Waals surface area contributed by atoms with E-state index in [9.17, 15) is 45.6 Å². The van der Waals surface area contributed by atoms with Crippen molar-refractivity contribution in [3.63, 3.8) is 0 Å². The fourth-order valence-electron chi connectivity index (χ4n) is 8.83. The summed E-state index contributed by atoms with van der Waals surface area (Å²) in [5.74, 6) is -0.274. The molecule has 12 unspecified atom stereocenters. The molecule has 0 spiro atoms. The molecule has 12 atom stereocenters. The smallest absolute Gasteiger partial charge is 0.220 e. The van der Waals surface area contributed by atoms with E-state index in [2.05, 4.69) is 153 Å². The number of unbranched alkanes of at least 4 members (excludes halogenated alkanes) is 11. The number of nitrogens with one attached hydrogen (secondary N) is 1. The second kappa shape index (κ2) is 50.4. The minimum absolute atomic E-state index is 0.246. The highest BCUT2D eigenvalue weighted by Gasteiger charge is 2.51. The summed E-state index contributed by atoms with van der Waals surface area (Å²) in [6, 6.07) is -0.954. The normalized spacial score (nSPS) is 25.2. The first-order valence-electron chi connectivity index (χ1n) is 30.6. The van der Waals surface area contributed by atoms with E-state index in [4.69, 9.17) is 18.9 Å². The summed E-state index contributed by atoms with van der Waals surface area (Å²) in [4.78, 5) is 13.2. The standard InChI is InChI=1S/C67H107NO13/c1-3-5-7-9-11-13-15-17-18-19-20-21-22-23-24-25-26-27-28-29-30-31-32-33-34-35-36-37-38-39-41-43-45-47-49-51-59(72)68-55(56(71)50-48-46-44-42-40-16-14-12-10-8-6-4-2)54-78-66-64(77)62(75)65(58(53-70)80-66)81-67-63(76)61(74)60(73)57(52-69)79-67/h5,7,10-13,17-18,20-21,23-24,26-27,29-30,32-33,35-36,40,42,48,50,55-58,60-67,69-71,73-77H,3-4,6,8-9,14-16,19,22,25,28,31,34,37-39,41,43-47,49,51-54H2,1-2H3,(H,68,72)/b7-5-,12-10+,13-11-,18-17-,21-20-,24-23-,27-26-,30-29-,33-32-,36-35-,42-40+,50-48+. The number of ether oxygens (including phenoxy) is 4. The Kier molecular flexibility index (Phi) is 45.4. The highest BCUT2D eigenvalue weighted by atomic mass is 16.7. The molecule has 2 fully saturated rings. The van der Waals surface area contributed by atoms with Crippen LogP contribution in [0.5, 0.6) is 0 Å². The molecule has 0 aromatic rings. The van der Waals surface area contributed by atoms with Crippen molar-refractivity contribution >= 4 is 5.91 Å². The van der Waals surface area contributed by atoms with Gasteiger partial charge in [0.1, 0.15) is 48.8 Å². The summed E-state index contributed by atoms with van der Waals surface area (Å²) in [5.41, 5.74) is 0. The van der Waals surface area contributed by atoms with Gasteiger partial charge in [-0.1, -0.05) is 205 Å². The van der Waals surface area contributed by atoms with E-state index in [-0.39, 0.29) is 18.9 Å². The van der Waals surface area contributed by atoms with Gasteiger partial charge in [-0.2, -0.15) is 0 Å². The zero-order valence-corrected chi connectivity index (χ0v) is 49.2. The number of amides is 1. The Morgan fingerprint density at radius 1 is 0.457 bits per heavy atom. The molecular formula is C67H107NO13. The van der Waals surface area contributed by atoms with E-state index >= 15 is 0 Å². The minimum atomic E-state index is -1.80. The van der Waals surface area contributed by atoms with Gasteiger partial charge < -0.3 is 65.1 Å². The predicted molar refractivity (Wildman–Crippen MR) is 327 cm³/mol. The summed E-state index contributed by atoms with van der Waals surface area (Å²) in [6.07, 6.45) is 59.0. The molecule has 0 aromatic carbocycles. The van der Waals surface area contributed by atoms with Crippen molar-refractivity contribution in [2.24, 2.45) is 0 Å². The SMILES string of the molecule is CC/C=C\C/C=C\C/C=C\C/C=C\C/C=C\C/C=C\C/C=C\C/C=C\C/C=C\CCCCCCCCCC(=O)NC(COC1OC(CO)C(OC2OC(CO)C(O)C(O)C2O)C(O)C1O)C(O)/C=C/CC/C=C/CC/C=C/CCCC. The molecule has 0 radical (unpaired) electrons. The number of carbonyl (C=O) groups excluding carboxylic acids is 1. The highest BCUT2D eigenvalue weighted by Crippen LogP contribution is 2.30. The molecule has 0 bridgehead atoms. The number of rotatable bonds is 46. The van der Waals surface area contributed by atoms with E-state index in [0.29, 0.717) is 12.8 Å². The zero-order valence-electron chi connectivity index (χ0n) is 49.2. The number of aliphatic hydroxyl groups is 8. The molecule has 458 valence electrons. The van der Waals surface area contributed by atoms with Crippen molar-refractivity contribution in [2.75, 3.05) is 19.8 Å². The Hall–Kier alpha value is -4.13. The molecule has 2 aliphatic rings. The molecule has 2 heterocycles. The lowest BCUT2D eigenvalue weighted by atomic mass is 9.97. The van der Waals surface area contributed by atoms with Crippen LogP contribution >= 0.6 is 0 Å². The molecule has 0 aromatic heterocycles. The van der Waals surface area contributed by atoms with Crippen LogP contribution in [0.3, 0.4) is 0 Å². The van der Waals surface area contributed by atoms with Crippen molar-refractivity contribution in [3.05, 3.63) is 146 Å². The average Bonchev–Trinajstić information content (AvgIpc) is 3.46. The zero-order chi connectivity index (χ0) is 58.8. The van der Waals surface area contributed by atoms with Gasteiger partial charge in [0.05, 0.1) is 32.0 Å². The number of carbonyl (C=O) groups is 1. The quantitative estimate of drug-likeness (QED) is 0.0204. The van der Waals surface area contributed by atoms with E-state index in [0.717, 1.165) is 128 Å². The number of hydrogen-bond donors (Lipinski definition) is 9. The summed E-state index contributed by atoms with van der Waals surface area (Å²) >= 11 is 0. The van der Waals surface area contributed by atoms with Crippen LogP contribution < -0.4 is 5.32 Å². The number of aliphatic hydroxyl groups excluding tert-OH is 8. The van der Waals surface area contributed by atoms with Crippen LogP contribution in [0, 0.1) is 0 Å². The van der Waals surface area contributed by atoms with Crippen LogP contribution in [0.4, 0.5) is 0 Å². The topological polar surface area (TPSA) is 228 Å². The molecule has 2 aliphatic heterocycles. The highest BCUT2D eigenvalue weighted by molar-refractivity contribution is 5.76. The molecule has 0 saturated carbocycles. The molecule has 14 nitrogen and oxygen atoms in total. The second-order valence-electron chi connectivity index (χ2n) is 20.7. The van der Waals surface area contributed by atoms with Gasteiger partial charge in [0.15, 0.2) is 12.6 Å². The van der Waals surface area contributed by atoms with Gasteiger partial charge in [0.25, 0.3) is 0 Å². The molecule has 9 N–H and O–H groups in total. The van der Waals surface area contributed by atoms with Crippen LogP contribution in [-0.2, 0) is 23.7 Å². The maximum Gasteiger partial charge on any atom is 0.220 e. The van der Waals surface area contributed by atoms with Gasteiger partial charge >= 0.3 is 0 Å². The maximum absolute atomic E-state index is 13.2. The molecule has 0 aliphatic carbocycles. The van der Waals surface area contributed by atoms with E-state index in [1.807, 2.05) is 6.08 Å². The van der Waals surface area contributed by atoms with Gasteiger partial charge in [0.2, 0.25) is 5.91 Å². The summed E-state index contributed by atoms with van der Waals surface area (Å²) < 4.78 is 22.7. The third-order valence-electron chi connectivity index (χ3n) is 13.7. The third kappa shape index (κ3) is 35.6. The molecular weight excluding hydrogens is 1030 g/mol. The number of hydrogen-bond acceptors (Lipinski definition) is 13. The lowest BCUT2D eigenvalue weighted by molar-refractivity contribution is -0.359. The van der Waals surface area contributed by atoms with Gasteiger partial charge in [-0.05, 0) is 109 Å². The molecule has 2 saturated heterocycles. The molecule has 1 amide bonds. The third-order valence-corrected chi connectivity index (χ3v) is 13.7. The summed E-state index contributed by atoms with van der Waals surface area (Å²) in [7, 11) is 0. The predicted octanol–water partition coefficient (Wildman–Crippen LogP) is 10.9. The van der Waals surface area contributed by atoms with Crippen LogP contribution in [-0.4, -0.2) is 140 Å². The fraction of sp³-hybridized carbons (Fsp3) is 0.627. The van der Waals surface area contributed by atoms with Gasteiger partial charge in [0, 0.05) is 6.42 Å². The van der Waals surface area contributed by atoms with Crippen LogP contribution in [0.15, 0.2) is 146 Å². The van der Waals surface area contributed by atoms with E-state index in [1.54, 1.807) is 6.08 Å². The Morgan fingerprint density at radius 3 is 1.36 bits per heavy atom. The van der Waals surface area contributed by atoms with Crippen molar-refractivity contribution in [3.8, 4) is 0 Å². The van der Waals surface area contributed by atoms with Crippen molar-refractivity contribution < 1.29 is 64.6 Å². The Bertz CT molecular complexity index is 1910. The maximum atomic E-state index is 13.2. The first-order chi connectivity index (χ1) is 39.6. The van der Waals surface area contributed by atoms with Crippen molar-refractivity contribution in [1.29, 1.82) is 0 Å². The number of allylic oxidation sites excluding steroid dienone is 23. The summed E-state index contributed by atoms with van der Waals surface area (Å²) in [5, 5.41) is 86.9. The molecule has 2 rings (SSSR count). The second-order valence-corrected chi connectivity index (χ2v) is 20.7. The Balaban J connectivity index is 1.68. The Labute approximate surface area is 487 Å². The van der Waals surface area contributed by atoms with Gasteiger partial charge in [-0.15, -0.1) is 0 Å². The van der Waals surface area contributed by atoms with Crippen molar-refractivity contribution in [1.82, 2.24) is 5.32 Å². The van der Waals surface area contributed by atoms with Gasteiger partial charge in [-0.25, -0.2) is 0 Å². The van der Waals surface area contributed by atoms with Crippen molar-refractivity contribution in [2.45, 2.75) is 248 Å². The van der Waals surface area contributed by atoms with E-state index in [1.165, 1.54) is 12.8 Å². The Morgan fingerprint density at radius 2 is 0.864 bits per heavy atom. The molecule has 14 heteroatoms. The van der Waals surface area contributed by atoms with Crippen LogP contribution in [0.2, 0.25) is 0 Å². The van der Waals surface area contributed by atoms with Crippen LogP contribution in [0.1, 0.15) is 174 Å². The molecule has 81 heavy (non-hydrogen) atoms. The van der Waals surface area contributed by atoms with Gasteiger partial charge in [-0.3, -0.25) is 4.79 Å². The fourth-order valence-corrected chi connectivity index (χ4v) is 8.83. The monoisotopic (exact) mass is 1130 g/mol. The minimum Gasteiger partial charge on any atom is -0.394 e. The summed E-state index contributed by atoms with van der Waals surface area (Å²) in [6.45, 7) is 2.56. The van der Waals surface area contributed by atoms with E-state index < -0.39 is 86.8 Å². The lowest BCUT2D eigenvalue weighted by Gasteiger charge is -2.46. The largest absolute Gasteiger partial charge is 0.394 e. The lowest BCUT2D eigenvalue weighted by Crippen LogP contribution is -2.65. The van der Waals surface area contributed by atoms with Crippen LogP contribution in [0.25, 0.3) is 0 Å². The first kappa shape index (κ1) is 73.0. The average molecular weight is 1130 g/mol.